The number of aromatic nitrogens is 1. The Kier molecular flexibility index (Phi) is 5.75. The molecule has 0 atom stereocenters. The van der Waals surface area contributed by atoms with Crippen LogP contribution in [0.2, 0.25) is 0 Å². The van der Waals surface area contributed by atoms with Gasteiger partial charge in [0.1, 0.15) is 5.54 Å². The maximum Gasteiger partial charge on any atom is 0.325 e. The maximum atomic E-state index is 13.5. The van der Waals surface area contributed by atoms with Gasteiger partial charge in [-0.05, 0) is 50.1 Å². The van der Waals surface area contributed by atoms with Crippen molar-refractivity contribution in [3.63, 3.8) is 0 Å². The highest BCUT2D eigenvalue weighted by Gasteiger charge is 2.55. The molecule has 1 saturated heterocycles. The molecule has 178 valence electrons. The Balaban J connectivity index is 1.44. The molecule has 2 heterocycles. The lowest BCUT2D eigenvalue weighted by Crippen LogP contribution is -2.51. The van der Waals surface area contributed by atoms with Crippen LogP contribution >= 0.6 is 0 Å². The minimum atomic E-state index is -2.87. The molecule has 3 amide bonds. The number of halogens is 2. The molecule has 2 N–H and O–H groups in total. The highest BCUT2D eigenvalue weighted by Crippen LogP contribution is 2.41. The molecule has 0 bridgehead atoms. The Morgan fingerprint density at radius 3 is 2.41 bits per heavy atom. The largest absolute Gasteiger partial charge is 0.334 e. The number of ketones is 1. The second-order valence-corrected chi connectivity index (χ2v) is 8.46. The first-order valence-electron chi connectivity index (χ1n) is 10.5. The van der Waals surface area contributed by atoms with Gasteiger partial charge in [0.15, 0.2) is 5.78 Å². The fourth-order valence-electron chi connectivity index (χ4n) is 4.10. The van der Waals surface area contributed by atoms with E-state index in [2.05, 4.69) is 15.6 Å². The second-order valence-electron chi connectivity index (χ2n) is 8.46. The summed E-state index contributed by atoms with van der Waals surface area (Å²) in [5.41, 5.74) is -0.377. The van der Waals surface area contributed by atoms with Crippen molar-refractivity contribution in [1.29, 1.82) is 0 Å². The van der Waals surface area contributed by atoms with Crippen LogP contribution in [-0.4, -0.2) is 50.5 Å². The number of amides is 3. The fraction of sp³-hybridized carbons (Fsp3) is 0.364. The number of alkyl halides is 2. The SMILES string of the molecule is Cc1ccc([N+](=O)[O-])c(Nc2ccc(C(=O)CN3C(=O)NC4(CCC(F)(F)CC4)C3=O)cc2)n1. The number of hydrogen-bond donors (Lipinski definition) is 2. The molecule has 2 aliphatic rings. The number of carbonyl (C=O) groups is 3. The van der Waals surface area contributed by atoms with Gasteiger partial charge < -0.3 is 10.6 Å². The number of benzene rings is 1. The number of nitro groups is 1. The van der Waals surface area contributed by atoms with Gasteiger partial charge in [0.2, 0.25) is 11.7 Å². The lowest BCUT2D eigenvalue weighted by Gasteiger charge is -2.34. The van der Waals surface area contributed by atoms with E-state index in [1.54, 1.807) is 6.92 Å². The molecular weight excluding hydrogens is 452 g/mol. The number of imide groups is 1. The van der Waals surface area contributed by atoms with Crippen molar-refractivity contribution in [3.05, 3.63) is 57.8 Å². The monoisotopic (exact) mass is 473 g/mol. The van der Waals surface area contributed by atoms with Crippen LogP contribution in [0.3, 0.4) is 0 Å². The minimum absolute atomic E-state index is 0.0479. The molecule has 1 aromatic heterocycles. The summed E-state index contributed by atoms with van der Waals surface area (Å²) < 4.78 is 27.0. The lowest BCUT2D eigenvalue weighted by molar-refractivity contribution is -0.384. The van der Waals surface area contributed by atoms with Crippen molar-refractivity contribution in [2.24, 2.45) is 0 Å². The fourth-order valence-corrected chi connectivity index (χ4v) is 4.10. The number of carbonyl (C=O) groups excluding carboxylic acids is 3. The summed E-state index contributed by atoms with van der Waals surface area (Å²) in [4.78, 5) is 53.4. The molecule has 1 aromatic carbocycles. The molecule has 2 fully saturated rings. The standard InChI is InChI=1S/C22H21F2N5O5/c1-13-2-7-16(29(33)34)18(25-13)26-15-5-3-14(4-6-15)17(30)12-28-19(31)21(27-20(28)32)8-10-22(23,24)11-9-21/h2-7H,8-12H2,1H3,(H,25,26)(H,27,32). The average molecular weight is 473 g/mol. The molecule has 34 heavy (non-hydrogen) atoms. The van der Waals surface area contributed by atoms with Gasteiger partial charge in [-0.3, -0.25) is 24.6 Å². The Hall–Kier alpha value is -3.96. The van der Waals surface area contributed by atoms with Crippen molar-refractivity contribution in [3.8, 4) is 0 Å². The predicted molar refractivity (Wildman–Crippen MR) is 116 cm³/mol. The lowest BCUT2D eigenvalue weighted by atomic mass is 9.80. The van der Waals surface area contributed by atoms with E-state index in [9.17, 15) is 33.3 Å². The number of hydrogen-bond acceptors (Lipinski definition) is 7. The molecule has 0 radical (unpaired) electrons. The Labute approximate surface area is 192 Å². The number of nitrogens with zero attached hydrogens (tertiary/aromatic N) is 3. The number of Topliss-reactive ketones (excluding diaryl/α,β-unsaturated/α-hetero) is 1. The first kappa shape index (κ1) is 23.2. The molecule has 1 aliphatic heterocycles. The smallest absolute Gasteiger partial charge is 0.325 e. The number of rotatable bonds is 6. The van der Waals surface area contributed by atoms with Crippen LogP contribution in [0.1, 0.15) is 41.7 Å². The van der Waals surface area contributed by atoms with Crippen molar-refractivity contribution in [1.82, 2.24) is 15.2 Å². The van der Waals surface area contributed by atoms with Gasteiger partial charge in [0.05, 0.1) is 11.5 Å². The highest BCUT2D eigenvalue weighted by atomic mass is 19.3. The van der Waals surface area contributed by atoms with Gasteiger partial charge in [0, 0.05) is 35.9 Å². The molecular formula is C22H21F2N5O5. The van der Waals surface area contributed by atoms with E-state index in [1.807, 2.05) is 0 Å². The highest BCUT2D eigenvalue weighted by molar-refractivity contribution is 6.11. The molecule has 2 aromatic rings. The molecule has 1 spiro atoms. The quantitative estimate of drug-likeness (QED) is 0.283. The number of anilines is 2. The Bertz CT molecular complexity index is 1170. The summed E-state index contributed by atoms with van der Waals surface area (Å²) in [6.07, 6.45) is -1.39. The van der Waals surface area contributed by atoms with Crippen LogP contribution in [0, 0.1) is 17.0 Å². The topological polar surface area (TPSA) is 135 Å². The van der Waals surface area contributed by atoms with Crippen LogP contribution in [0.15, 0.2) is 36.4 Å². The van der Waals surface area contributed by atoms with Gasteiger partial charge in [-0.1, -0.05) is 0 Å². The van der Waals surface area contributed by atoms with Gasteiger partial charge in [0.25, 0.3) is 5.91 Å². The van der Waals surface area contributed by atoms with E-state index in [0.717, 1.165) is 4.90 Å². The first-order chi connectivity index (χ1) is 16.0. The first-order valence-corrected chi connectivity index (χ1v) is 10.5. The third kappa shape index (κ3) is 4.43. The number of nitrogens with one attached hydrogen (secondary N) is 2. The van der Waals surface area contributed by atoms with Crippen LogP contribution in [0.25, 0.3) is 0 Å². The van der Waals surface area contributed by atoms with Crippen molar-refractivity contribution in [2.45, 2.75) is 44.1 Å². The summed E-state index contributed by atoms with van der Waals surface area (Å²) in [6.45, 7) is 1.16. The molecule has 0 unspecified atom stereocenters. The Morgan fingerprint density at radius 1 is 1.15 bits per heavy atom. The zero-order valence-corrected chi connectivity index (χ0v) is 18.1. The number of urea groups is 1. The van der Waals surface area contributed by atoms with Crippen molar-refractivity contribution < 1.29 is 28.1 Å². The van der Waals surface area contributed by atoms with Gasteiger partial charge >= 0.3 is 11.7 Å². The van der Waals surface area contributed by atoms with E-state index >= 15 is 0 Å². The van der Waals surface area contributed by atoms with Crippen molar-refractivity contribution in [2.75, 3.05) is 11.9 Å². The van der Waals surface area contributed by atoms with Crippen LogP contribution < -0.4 is 10.6 Å². The number of pyridine rings is 1. The molecule has 4 rings (SSSR count). The van der Waals surface area contributed by atoms with E-state index in [4.69, 9.17) is 0 Å². The van der Waals surface area contributed by atoms with E-state index in [-0.39, 0.29) is 29.9 Å². The summed E-state index contributed by atoms with van der Waals surface area (Å²) in [6, 6.07) is 7.99. The zero-order chi connectivity index (χ0) is 24.7. The summed E-state index contributed by atoms with van der Waals surface area (Å²) in [5.74, 6) is -4.01. The van der Waals surface area contributed by atoms with Crippen molar-refractivity contribution >= 4 is 34.9 Å². The third-order valence-corrected chi connectivity index (χ3v) is 6.06. The van der Waals surface area contributed by atoms with Crippen LogP contribution in [0.5, 0.6) is 0 Å². The summed E-state index contributed by atoms with van der Waals surface area (Å²) in [5, 5.41) is 16.5. The van der Waals surface area contributed by atoms with E-state index in [0.29, 0.717) is 11.4 Å². The number of aryl methyl sites for hydroxylation is 1. The van der Waals surface area contributed by atoms with Gasteiger partial charge in [-0.2, -0.15) is 0 Å². The van der Waals surface area contributed by atoms with Gasteiger partial charge in [-0.25, -0.2) is 18.6 Å². The second kappa shape index (κ2) is 8.43. The minimum Gasteiger partial charge on any atom is -0.334 e. The summed E-state index contributed by atoms with van der Waals surface area (Å²) >= 11 is 0. The Morgan fingerprint density at radius 2 is 1.79 bits per heavy atom. The average Bonchev–Trinajstić information content (AvgIpc) is 3.00. The zero-order valence-electron chi connectivity index (χ0n) is 18.1. The molecule has 1 saturated carbocycles. The van der Waals surface area contributed by atoms with E-state index < -0.39 is 53.5 Å². The van der Waals surface area contributed by atoms with Gasteiger partial charge in [-0.15, -0.1) is 0 Å². The molecule has 10 nitrogen and oxygen atoms in total. The normalized spacial score (nSPS) is 18.6. The molecule has 12 heteroatoms. The maximum absolute atomic E-state index is 13.5. The van der Waals surface area contributed by atoms with Crippen LogP contribution in [0.4, 0.5) is 30.8 Å². The third-order valence-electron chi connectivity index (χ3n) is 6.06. The predicted octanol–water partition coefficient (Wildman–Crippen LogP) is 3.72. The van der Waals surface area contributed by atoms with E-state index in [1.165, 1.54) is 36.4 Å². The van der Waals surface area contributed by atoms with Crippen LogP contribution in [-0.2, 0) is 4.79 Å². The molecule has 1 aliphatic carbocycles. The summed E-state index contributed by atoms with van der Waals surface area (Å²) in [7, 11) is 0.